The molecule has 0 saturated carbocycles. The summed E-state index contributed by atoms with van der Waals surface area (Å²) in [6.45, 7) is 8.19. The standard InChI is InChI=1S/C20H23NO2/c1-13-14(2)19-17(9-10-20(3,4)23-19)16(18(13)22)8-7-15-6-5-11-21-12-15/h5-8,11-12,22H,9-10H2,1-4H3. The molecule has 1 aliphatic heterocycles. The summed E-state index contributed by atoms with van der Waals surface area (Å²) < 4.78 is 6.22. The van der Waals surface area contributed by atoms with Gasteiger partial charge in [0.05, 0.1) is 0 Å². The molecule has 0 saturated heterocycles. The van der Waals surface area contributed by atoms with E-state index in [-0.39, 0.29) is 5.60 Å². The van der Waals surface area contributed by atoms with Crippen LogP contribution in [0.15, 0.2) is 24.5 Å². The number of aromatic nitrogens is 1. The lowest BCUT2D eigenvalue weighted by Crippen LogP contribution is -2.33. The monoisotopic (exact) mass is 309 g/mol. The summed E-state index contributed by atoms with van der Waals surface area (Å²) in [7, 11) is 0. The summed E-state index contributed by atoms with van der Waals surface area (Å²) in [5.74, 6) is 1.28. The first-order chi connectivity index (χ1) is 10.9. The van der Waals surface area contributed by atoms with Crippen molar-refractivity contribution in [3.63, 3.8) is 0 Å². The van der Waals surface area contributed by atoms with Gasteiger partial charge in [0.15, 0.2) is 0 Å². The number of hydrogen-bond donors (Lipinski definition) is 1. The van der Waals surface area contributed by atoms with Crippen molar-refractivity contribution >= 4 is 12.2 Å². The van der Waals surface area contributed by atoms with Crippen molar-refractivity contribution in [1.82, 2.24) is 4.98 Å². The summed E-state index contributed by atoms with van der Waals surface area (Å²) >= 11 is 0. The van der Waals surface area contributed by atoms with Crippen molar-refractivity contribution in [2.75, 3.05) is 0 Å². The van der Waals surface area contributed by atoms with Gasteiger partial charge in [-0.15, -0.1) is 0 Å². The van der Waals surface area contributed by atoms with E-state index in [2.05, 4.69) is 18.8 Å². The van der Waals surface area contributed by atoms with E-state index in [9.17, 15) is 5.11 Å². The van der Waals surface area contributed by atoms with Crippen LogP contribution in [-0.4, -0.2) is 15.7 Å². The number of phenols is 1. The van der Waals surface area contributed by atoms with Gasteiger partial charge in [-0.1, -0.05) is 18.2 Å². The Morgan fingerprint density at radius 3 is 2.70 bits per heavy atom. The van der Waals surface area contributed by atoms with Gasteiger partial charge in [0.25, 0.3) is 0 Å². The number of fused-ring (bicyclic) bond motifs is 1. The van der Waals surface area contributed by atoms with Crippen LogP contribution in [0.1, 0.15) is 48.1 Å². The molecule has 2 heterocycles. The van der Waals surface area contributed by atoms with E-state index in [1.165, 1.54) is 0 Å². The van der Waals surface area contributed by atoms with Crippen molar-refractivity contribution < 1.29 is 9.84 Å². The molecular formula is C20H23NO2. The second kappa shape index (κ2) is 5.73. The molecule has 3 nitrogen and oxygen atoms in total. The molecule has 0 radical (unpaired) electrons. The van der Waals surface area contributed by atoms with Gasteiger partial charge in [0, 0.05) is 23.5 Å². The predicted octanol–water partition coefficient (Wildman–Crippen LogP) is 4.68. The van der Waals surface area contributed by atoms with Gasteiger partial charge in [0.1, 0.15) is 17.1 Å². The van der Waals surface area contributed by atoms with Gasteiger partial charge in [-0.3, -0.25) is 4.98 Å². The Labute approximate surface area is 137 Å². The van der Waals surface area contributed by atoms with Crippen LogP contribution in [0.3, 0.4) is 0 Å². The molecule has 0 unspecified atom stereocenters. The van der Waals surface area contributed by atoms with Gasteiger partial charge < -0.3 is 9.84 Å². The van der Waals surface area contributed by atoms with Gasteiger partial charge in [-0.2, -0.15) is 0 Å². The lowest BCUT2D eigenvalue weighted by Gasteiger charge is -2.35. The van der Waals surface area contributed by atoms with Crippen LogP contribution in [-0.2, 0) is 6.42 Å². The largest absolute Gasteiger partial charge is 0.507 e. The Morgan fingerprint density at radius 1 is 1.22 bits per heavy atom. The number of pyridine rings is 1. The fourth-order valence-corrected chi connectivity index (χ4v) is 3.01. The maximum absolute atomic E-state index is 10.6. The molecule has 0 fully saturated rings. The second-order valence-corrected chi connectivity index (χ2v) is 6.80. The van der Waals surface area contributed by atoms with Crippen molar-refractivity contribution in [1.29, 1.82) is 0 Å². The van der Waals surface area contributed by atoms with Gasteiger partial charge in [-0.25, -0.2) is 0 Å². The maximum Gasteiger partial charge on any atom is 0.127 e. The SMILES string of the molecule is Cc1c(C)c2c(c(C=Cc3cccnc3)c1O)CCC(C)(C)O2. The van der Waals surface area contributed by atoms with Crippen LogP contribution in [0, 0.1) is 13.8 Å². The average molecular weight is 309 g/mol. The van der Waals surface area contributed by atoms with Crippen molar-refractivity contribution in [3.05, 3.63) is 52.3 Å². The number of benzene rings is 1. The Kier molecular flexibility index (Phi) is 3.88. The molecule has 3 rings (SSSR count). The predicted molar refractivity (Wildman–Crippen MR) is 93.8 cm³/mol. The van der Waals surface area contributed by atoms with E-state index in [0.29, 0.717) is 5.75 Å². The molecule has 23 heavy (non-hydrogen) atoms. The molecule has 3 heteroatoms. The van der Waals surface area contributed by atoms with Crippen LogP contribution in [0.5, 0.6) is 11.5 Å². The van der Waals surface area contributed by atoms with Crippen molar-refractivity contribution in [2.45, 2.75) is 46.1 Å². The Bertz CT molecular complexity index is 761. The zero-order chi connectivity index (χ0) is 16.6. The van der Waals surface area contributed by atoms with E-state index in [1.54, 1.807) is 12.4 Å². The minimum absolute atomic E-state index is 0.161. The first-order valence-corrected chi connectivity index (χ1v) is 8.01. The molecule has 0 bridgehead atoms. The fourth-order valence-electron chi connectivity index (χ4n) is 3.01. The summed E-state index contributed by atoms with van der Waals surface area (Å²) in [6.07, 6.45) is 9.36. The van der Waals surface area contributed by atoms with Gasteiger partial charge in [0.2, 0.25) is 0 Å². The number of nitrogens with zero attached hydrogens (tertiary/aromatic N) is 1. The summed E-state index contributed by atoms with van der Waals surface area (Å²) in [5.41, 5.74) is 4.73. The molecule has 1 aromatic carbocycles. The Balaban J connectivity index is 2.11. The fraction of sp³-hybridized carbons (Fsp3) is 0.350. The smallest absolute Gasteiger partial charge is 0.127 e. The average Bonchev–Trinajstić information content (AvgIpc) is 2.53. The second-order valence-electron chi connectivity index (χ2n) is 6.80. The van der Waals surface area contributed by atoms with E-state index in [1.807, 2.05) is 38.1 Å². The molecule has 2 aromatic rings. The Hall–Kier alpha value is -2.29. The summed E-state index contributed by atoms with van der Waals surface area (Å²) in [5, 5.41) is 10.6. The number of phenolic OH excluding ortho intramolecular Hbond substituents is 1. The lowest BCUT2D eigenvalue weighted by atomic mass is 9.87. The lowest BCUT2D eigenvalue weighted by molar-refractivity contribution is 0.0833. The van der Waals surface area contributed by atoms with Crippen LogP contribution in [0.25, 0.3) is 12.2 Å². The molecule has 0 aliphatic carbocycles. The third-order valence-electron chi connectivity index (χ3n) is 4.59. The Morgan fingerprint density at radius 2 is 2.00 bits per heavy atom. The van der Waals surface area contributed by atoms with E-state index < -0.39 is 0 Å². The molecule has 1 N–H and O–H groups in total. The molecular weight excluding hydrogens is 286 g/mol. The quantitative estimate of drug-likeness (QED) is 0.876. The van der Waals surface area contributed by atoms with Gasteiger partial charge >= 0.3 is 0 Å². The molecule has 0 spiro atoms. The number of aromatic hydroxyl groups is 1. The minimum Gasteiger partial charge on any atom is -0.507 e. The molecule has 120 valence electrons. The molecule has 0 amide bonds. The normalized spacial score (nSPS) is 16.2. The van der Waals surface area contributed by atoms with Crippen LogP contribution in [0.4, 0.5) is 0 Å². The van der Waals surface area contributed by atoms with Crippen molar-refractivity contribution in [2.24, 2.45) is 0 Å². The summed E-state index contributed by atoms with van der Waals surface area (Å²) in [4.78, 5) is 4.12. The number of rotatable bonds is 2. The summed E-state index contributed by atoms with van der Waals surface area (Å²) in [6, 6.07) is 3.90. The molecule has 1 aliphatic rings. The van der Waals surface area contributed by atoms with Crippen LogP contribution in [0.2, 0.25) is 0 Å². The molecule has 0 atom stereocenters. The van der Waals surface area contributed by atoms with Crippen LogP contribution >= 0.6 is 0 Å². The third-order valence-corrected chi connectivity index (χ3v) is 4.59. The highest BCUT2D eigenvalue weighted by Gasteiger charge is 2.31. The molecule has 1 aromatic heterocycles. The maximum atomic E-state index is 10.6. The topological polar surface area (TPSA) is 42.4 Å². The zero-order valence-corrected chi connectivity index (χ0v) is 14.2. The number of ether oxygens (including phenoxy) is 1. The zero-order valence-electron chi connectivity index (χ0n) is 14.2. The number of hydrogen-bond acceptors (Lipinski definition) is 3. The highest BCUT2D eigenvalue weighted by atomic mass is 16.5. The van der Waals surface area contributed by atoms with Gasteiger partial charge in [-0.05, 0) is 63.3 Å². The van der Waals surface area contributed by atoms with E-state index in [4.69, 9.17) is 4.74 Å². The van der Waals surface area contributed by atoms with E-state index >= 15 is 0 Å². The third kappa shape index (κ3) is 2.96. The minimum atomic E-state index is -0.161. The first kappa shape index (κ1) is 15.6. The highest BCUT2D eigenvalue weighted by molar-refractivity contribution is 5.77. The highest BCUT2D eigenvalue weighted by Crippen LogP contribution is 2.44. The first-order valence-electron chi connectivity index (χ1n) is 8.01. The van der Waals surface area contributed by atoms with Crippen LogP contribution < -0.4 is 4.74 Å². The van der Waals surface area contributed by atoms with Crippen molar-refractivity contribution in [3.8, 4) is 11.5 Å². The van der Waals surface area contributed by atoms with E-state index in [0.717, 1.165) is 46.4 Å².